The molecule has 9 heteroatoms. The Morgan fingerprint density at radius 3 is 2.53 bits per heavy atom. The zero-order chi connectivity index (χ0) is 23.2. The van der Waals surface area contributed by atoms with Crippen molar-refractivity contribution in [3.63, 3.8) is 0 Å². The van der Waals surface area contributed by atoms with Crippen molar-refractivity contribution in [3.05, 3.63) is 81.0 Å². The van der Waals surface area contributed by atoms with E-state index < -0.39 is 28.7 Å². The van der Waals surface area contributed by atoms with Crippen LogP contribution < -0.4 is 10.3 Å². The van der Waals surface area contributed by atoms with Crippen LogP contribution in [0.15, 0.2) is 45.7 Å². The van der Waals surface area contributed by atoms with E-state index in [1.807, 2.05) is 0 Å². The van der Waals surface area contributed by atoms with Crippen molar-refractivity contribution < 1.29 is 27.9 Å². The van der Waals surface area contributed by atoms with Gasteiger partial charge in [0.25, 0.3) is 5.56 Å². The number of carboxylic acids is 1. The summed E-state index contributed by atoms with van der Waals surface area (Å²) in [5.41, 5.74) is 0.965. The first-order valence-electron chi connectivity index (χ1n) is 9.57. The summed E-state index contributed by atoms with van der Waals surface area (Å²) in [5, 5.41) is 13.9. The van der Waals surface area contributed by atoms with Gasteiger partial charge in [-0.15, -0.1) is 0 Å². The van der Waals surface area contributed by atoms with Gasteiger partial charge in [-0.3, -0.25) is 4.79 Å². The average Bonchev–Trinajstić information content (AvgIpc) is 3.08. The number of benzene rings is 2. The second kappa shape index (κ2) is 7.92. The highest BCUT2D eigenvalue weighted by atomic mass is 19.1. The van der Waals surface area contributed by atoms with Crippen LogP contribution in [0.25, 0.3) is 22.0 Å². The molecule has 0 amide bonds. The maximum absolute atomic E-state index is 14.3. The Hall–Kier alpha value is -4.01. The molecule has 32 heavy (non-hydrogen) atoms. The van der Waals surface area contributed by atoms with Crippen LogP contribution in [0, 0.1) is 25.5 Å². The predicted molar refractivity (Wildman–Crippen MR) is 112 cm³/mol. The number of hydrogen-bond donors (Lipinski definition) is 1. The standard InChI is InChI=1S/C23H18F2N2O5/c1-11-21(12(2)32-26-11)16-6-14-7-17(23(29)30)22(28)27(19(14)9-20(16)31-3)10-13-4-5-15(24)8-18(13)25/h4-9H,10H2,1-3H3,(H,29,30). The maximum Gasteiger partial charge on any atom is 0.341 e. The SMILES string of the molecule is COc1cc2c(cc1-c1c(C)noc1C)cc(C(=O)O)c(=O)n2Cc1ccc(F)cc1F. The summed E-state index contributed by atoms with van der Waals surface area (Å²) >= 11 is 0. The molecule has 0 aliphatic carbocycles. The second-order valence-corrected chi connectivity index (χ2v) is 7.30. The van der Waals surface area contributed by atoms with Crippen molar-refractivity contribution in [2.75, 3.05) is 7.11 Å². The monoisotopic (exact) mass is 440 g/mol. The lowest BCUT2D eigenvalue weighted by molar-refractivity contribution is 0.0694. The number of carboxylic acid groups (broad SMARTS) is 1. The molecule has 4 rings (SSSR count). The van der Waals surface area contributed by atoms with Crippen LogP contribution in [0.5, 0.6) is 5.75 Å². The molecule has 2 aromatic carbocycles. The molecule has 0 saturated carbocycles. The highest BCUT2D eigenvalue weighted by molar-refractivity contribution is 5.95. The predicted octanol–water partition coefficient (Wildman–Crippen LogP) is 4.31. The van der Waals surface area contributed by atoms with E-state index in [0.29, 0.717) is 45.3 Å². The van der Waals surface area contributed by atoms with Crippen molar-refractivity contribution in [1.29, 1.82) is 0 Å². The molecular formula is C23H18F2N2O5. The van der Waals surface area contributed by atoms with Crippen LogP contribution in [0.2, 0.25) is 0 Å². The second-order valence-electron chi connectivity index (χ2n) is 7.30. The number of ether oxygens (including phenoxy) is 1. The number of rotatable bonds is 5. The minimum atomic E-state index is -1.42. The number of carbonyl (C=O) groups is 1. The molecule has 7 nitrogen and oxygen atoms in total. The number of fused-ring (bicyclic) bond motifs is 1. The number of aromatic nitrogens is 2. The molecule has 164 valence electrons. The normalized spacial score (nSPS) is 11.2. The Kier molecular flexibility index (Phi) is 5.25. The lowest BCUT2D eigenvalue weighted by atomic mass is 9.99. The van der Waals surface area contributed by atoms with Crippen molar-refractivity contribution in [1.82, 2.24) is 9.72 Å². The zero-order valence-electron chi connectivity index (χ0n) is 17.4. The first kappa shape index (κ1) is 21.2. The number of halogens is 2. The van der Waals surface area contributed by atoms with Crippen LogP contribution in [-0.2, 0) is 6.54 Å². The molecule has 0 aliphatic rings. The Morgan fingerprint density at radius 2 is 1.94 bits per heavy atom. The molecule has 1 N–H and O–H groups in total. The molecule has 2 aromatic heterocycles. The Labute approximate surface area is 180 Å². The van der Waals surface area contributed by atoms with Gasteiger partial charge in [0, 0.05) is 28.6 Å². The highest BCUT2D eigenvalue weighted by Gasteiger charge is 2.21. The van der Waals surface area contributed by atoms with E-state index >= 15 is 0 Å². The van der Waals surface area contributed by atoms with E-state index in [1.54, 1.807) is 26.0 Å². The van der Waals surface area contributed by atoms with Gasteiger partial charge in [0.05, 0.1) is 30.4 Å². The number of pyridine rings is 1. The first-order valence-corrected chi connectivity index (χ1v) is 9.57. The van der Waals surface area contributed by atoms with Crippen LogP contribution in [0.3, 0.4) is 0 Å². The van der Waals surface area contributed by atoms with Crippen molar-refractivity contribution >= 4 is 16.9 Å². The van der Waals surface area contributed by atoms with Gasteiger partial charge >= 0.3 is 5.97 Å². The van der Waals surface area contributed by atoms with E-state index in [2.05, 4.69) is 5.16 Å². The van der Waals surface area contributed by atoms with E-state index in [4.69, 9.17) is 9.26 Å². The lowest BCUT2D eigenvalue weighted by Gasteiger charge is -2.16. The summed E-state index contributed by atoms with van der Waals surface area (Å²) in [6.07, 6.45) is 0. The third kappa shape index (κ3) is 3.51. The number of methoxy groups -OCH3 is 1. The minimum Gasteiger partial charge on any atom is -0.496 e. The van der Waals surface area contributed by atoms with Crippen LogP contribution in [0.1, 0.15) is 27.4 Å². The van der Waals surface area contributed by atoms with E-state index in [0.717, 1.165) is 10.6 Å². The smallest absolute Gasteiger partial charge is 0.341 e. The summed E-state index contributed by atoms with van der Waals surface area (Å²) in [4.78, 5) is 24.7. The van der Waals surface area contributed by atoms with Gasteiger partial charge in [0.1, 0.15) is 28.7 Å². The largest absolute Gasteiger partial charge is 0.496 e. The molecule has 0 aliphatic heterocycles. The molecule has 4 aromatic rings. The third-order valence-corrected chi connectivity index (χ3v) is 5.29. The molecule has 0 bridgehead atoms. The quantitative estimate of drug-likeness (QED) is 0.497. The number of hydrogen-bond acceptors (Lipinski definition) is 5. The topological polar surface area (TPSA) is 94.6 Å². The van der Waals surface area contributed by atoms with E-state index in [1.165, 1.54) is 19.2 Å². The maximum atomic E-state index is 14.3. The third-order valence-electron chi connectivity index (χ3n) is 5.29. The van der Waals surface area contributed by atoms with Gasteiger partial charge in [0.15, 0.2) is 0 Å². The zero-order valence-corrected chi connectivity index (χ0v) is 17.4. The molecule has 0 atom stereocenters. The Balaban J connectivity index is 2.03. The number of aryl methyl sites for hydroxylation is 2. The van der Waals surface area contributed by atoms with Crippen LogP contribution >= 0.6 is 0 Å². The Bertz CT molecular complexity index is 1420. The van der Waals surface area contributed by atoms with Crippen LogP contribution in [-0.4, -0.2) is 27.9 Å². The molecule has 0 fully saturated rings. The lowest BCUT2D eigenvalue weighted by Crippen LogP contribution is -2.27. The Morgan fingerprint density at radius 1 is 1.19 bits per heavy atom. The summed E-state index contributed by atoms with van der Waals surface area (Å²) in [6.45, 7) is 3.20. The van der Waals surface area contributed by atoms with Gasteiger partial charge in [-0.05, 0) is 32.0 Å². The average molecular weight is 440 g/mol. The van der Waals surface area contributed by atoms with Gasteiger partial charge in [-0.1, -0.05) is 11.2 Å². The van der Waals surface area contributed by atoms with Crippen molar-refractivity contribution in [2.45, 2.75) is 20.4 Å². The number of aromatic carboxylic acids is 1. The van der Waals surface area contributed by atoms with Gasteiger partial charge < -0.3 is 18.9 Å². The van der Waals surface area contributed by atoms with Crippen LogP contribution in [0.4, 0.5) is 8.78 Å². The van der Waals surface area contributed by atoms with Gasteiger partial charge in [0.2, 0.25) is 0 Å². The summed E-state index contributed by atoms with van der Waals surface area (Å²) in [5.74, 6) is -2.08. The van der Waals surface area contributed by atoms with Crippen molar-refractivity contribution in [3.8, 4) is 16.9 Å². The summed E-state index contributed by atoms with van der Waals surface area (Å²) < 4.78 is 39.5. The fraction of sp³-hybridized carbons (Fsp3) is 0.174. The van der Waals surface area contributed by atoms with E-state index in [9.17, 15) is 23.5 Å². The summed E-state index contributed by atoms with van der Waals surface area (Å²) in [6, 6.07) is 7.50. The fourth-order valence-corrected chi connectivity index (χ4v) is 3.77. The summed E-state index contributed by atoms with van der Waals surface area (Å²) in [7, 11) is 1.45. The van der Waals surface area contributed by atoms with Crippen molar-refractivity contribution in [2.24, 2.45) is 0 Å². The molecular weight excluding hydrogens is 422 g/mol. The highest BCUT2D eigenvalue weighted by Crippen LogP contribution is 2.37. The number of nitrogens with zero attached hydrogens (tertiary/aromatic N) is 2. The van der Waals surface area contributed by atoms with E-state index in [-0.39, 0.29) is 12.1 Å². The first-order chi connectivity index (χ1) is 15.2. The van der Waals surface area contributed by atoms with Gasteiger partial charge in [-0.25, -0.2) is 13.6 Å². The minimum absolute atomic E-state index is 0.0334. The molecule has 0 saturated heterocycles. The molecule has 0 unspecified atom stereocenters. The molecule has 0 radical (unpaired) electrons. The fourth-order valence-electron chi connectivity index (χ4n) is 3.77. The molecule has 2 heterocycles. The van der Waals surface area contributed by atoms with Gasteiger partial charge in [-0.2, -0.15) is 0 Å². The molecule has 0 spiro atoms.